The third kappa shape index (κ3) is 2.21. The molecular weight excluding hydrogens is 260 g/mol. The van der Waals surface area contributed by atoms with Gasteiger partial charge in [0.25, 0.3) is 0 Å². The van der Waals surface area contributed by atoms with Crippen LogP contribution in [0.25, 0.3) is 11.1 Å². The summed E-state index contributed by atoms with van der Waals surface area (Å²) in [6, 6.07) is 14.2. The Balaban J connectivity index is 1.60. The quantitative estimate of drug-likeness (QED) is 0.536. The molecule has 104 valence electrons. The number of ketones is 2. The molecule has 0 aliphatic heterocycles. The van der Waals surface area contributed by atoms with Crippen LogP contribution in [0.2, 0.25) is 0 Å². The van der Waals surface area contributed by atoms with Gasteiger partial charge in [0.2, 0.25) is 0 Å². The second-order valence-corrected chi connectivity index (χ2v) is 6.05. The zero-order chi connectivity index (χ0) is 14.4. The van der Waals surface area contributed by atoms with Crippen molar-refractivity contribution in [3.63, 3.8) is 0 Å². The van der Waals surface area contributed by atoms with Gasteiger partial charge in [0.15, 0.2) is 5.78 Å². The van der Waals surface area contributed by atoms with Crippen molar-refractivity contribution in [3.05, 3.63) is 59.2 Å². The number of hydrogen-bond donors (Lipinski definition) is 0. The molecule has 2 aliphatic rings. The fourth-order valence-corrected chi connectivity index (χ4v) is 3.13. The average molecular weight is 276 g/mol. The lowest BCUT2D eigenvalue weighted by Crippen LogP contribution is -2.09. The van der Waals surface area contributed by atoms with Gasteiger partial charge in [0.1, 0.15) is 5.78 Å². The summed E-state index contributed by atoms with van der Waals surface area (Å²) in [5, 5.41) is 0. The van der Waals surface area contributed by atoms with Crippen LogP contribution in [0.4, 0.5) is 0 Å². The molecule has 1 saturated carbocycles. The number of fused-ring (bicyclic) bond motifs is 3. The van der Waals surface area contributed by atoms with Gasteiger partial charge in [-0.05, 0) is 47.6 Å². The van der Waals surface area contributed by atoms with Crippen LogP contribution in [0.5, 0.6) is 0 Å². The monoisotopic (exact) mass is 276 g/mol. The van der Waals surface area contributed by atoms with Crippen LogP contribution < -0.4 is 0 Å². The Kier molecular flexibility index (Phi) is 2.78. The third-order valence-corrected chi connectivity index (χ3v) is 4.48. The molecule has 0 unspecified atom stereocenters. The largest absolute Gasteiger partial charge is 0.299 e. The molecule has 21 heavy (non-hydrogen) atoms. The normalized spacial score (nSPS) is 15.4. The van der Waals surface area contributed by atoms with Crippen LogP contribution in [0, 0.1) is 5.92 Å². The molecule has 2 nitrogen and oxygen atoms in total. The molecule has 0 saturated heterocycles. The summed E-state index contributed by atoms with van der Waals surface area (Å²) in [7, 11) is 0. The highest BCUT2D eigenvalue weighted by molar-refractivity contribution is 6.09. The van der Waals surface area contributed by atoms with E-state index in [9.17, 15) is 9.59 Å². The van der Waals surface area contributed by atoms with Crippen LogP contribution in [0.1, 0.15) is 40.7 Å². The van der Waals surface area contributed by atoms with Gasteiger partial charge in [-0.15, -0.1) is 0 Å². The molecule has 2 aromatic rings. The van der Waals surface area contributed by atoms with Crippen molar-refractivity contribution in [1.82, 2.24) is 0 Å². The maximum Gasteiger partial charge on any atom is 0.170 e. The lowest BCUT2D eigenvalue weighted by Gasteiger charge is -2.04. The van der Waals surface area contributed by atoms with E-state index in [1.54, 1.807) is 0 Å². The van der Waals surface area contributed by atoms with E-state index in [2.05, 4.69) is 12.1 Å². The van der Waals surface area contributed by atoms with E-state index in [0.29, 0.717) is 5.56 Å². The molecule has 0 aromatic heterocycles. The molecule has 0 N–H and O–H groups in total. The lowest BCUT2D eigenvalue weighted by molar-refractivity contribution is -0.119. The van der Waals surface area contributed by atoms with Gasteiger partial charge < -0.3 is 0 Å². The molecule has 1 fully saturated rings. The maximum absolute atomic E-state index is 12.2. The summed E-state index contributed by atoms with van der Waals surface area (Å²) in [6.07, 6.45) is 2.87. The van der Waals surface area contributed by atoms with Gasteiger partial charge in [-0.2, -0.15) is 0 Å². The highest BCUT2D eigenvalue weighted by Gasteiger charge is 2.31. The third-order valence-electron chi connectivity index (χ3n) is 4.48. The Hall–Kier alpha value is -2.22. The predicted molar refractivity (Wildman–Crippen MR) is 81.4 cm³/mol. The van der Waals surface area contributed by atoms with E-state index in [4.69, 9.17) is 0 Å². The van der Waals surface area contributed by atoms with Crippen molar-refractivity contribution in [3.8, 4) is 11.1 Å². The first kappa shape index (κ1) is 12.5. The van der Waals surface area contributed by atoms with Crippen LogP contribution in [0.3, 0.4) is 0 Å². The zero-order valence-electron chi connectivity index (χ0n) is 11.8. The summed E-state index contributed by atoms with van der Waals surface area (Å²) < 4.78 is 0. The Morgan fingerprint density at radius 3 is 2.52 bits per heavy atom. The van der Waals surface area contributed by atoms with E-state index in [-0.39, 0.29) is 23.9 Å². The van der Waals surface area contributed by atoms with E-state index in [0.717, 1.165) is 19.3 Å². The Bertz CT molecular complexity index is 754. The van der Waals surface area contributed by atoms with Crippen molar-refractivity contribution >= 4 is 11.6 Å². The minimum Gasteiger partial charge on any atom is -0.299 e. The topological polar surface area (TPSA) is 34.1 Å². The first-order valence-corrected chi connectivity index (χ1v) is 7.49. The Labute approximate surface area is 123 Å². The molecule has 2 aromatic carbocycles. The minimum absolute atomic E-state index is 0.0364. The average Bonchev–Trinajstić information content (AvgIpc) is 3.27. The van der Waals surface area contributed by atoms with Gasteiger partial charge in [0.05, 0.1) is 6.42 Å². The van der Waals surface area contributed by atoms with Crippen molar-refractivity contribution in [2.75, 3.05) is 0 Å². The lowest BCUT2D eigenvalue weighted by atomic mass is 9.99. The highest BCUT2D eigenvalue weighted by Crippen LogP contribution is 2.37. The Morgan fingerprint density at radius 2 is 1.71 bits per heavy atom. The number of carbonyl (C=O) groups excluding carboxylic acids is 2. The zero-order valence-corrected chi connectivity index (χ0v) is 11.8. The fourth-order valence-electron chi connectivity index (χ4n) is 3.13. The summed E-state index contributed by atoms with van der Waals surface area (Å²) in [6.45, 7) is 0. The first-order valence-electron chi connectivity index (χ1n) is 7.49. The number of Topliss-reactive ketones (excluding diaryl/α,β-unsaturated/α-hetero) is 2. The Morgan fingerprint density at radius 1 is 0.952 bits per heavy atom. The predicted octanol–water partition coefficient (Wildman–Crippen LogP) is 3.81. The minimum atomic E-state index is -0.0364. The molecule has 2 aliphatic carbocycles. The summed E-state index contributed by atoms with van der Waals surface area (Å²) in [4.78, 5) is 24.0. The van der Waals surface area contributed by atoms with Crippen LogP contribution in [0.15, 0.2) is 42.5 Å². The molecule has 0 bridgehead atoms. The van der Waals surface area contributed by atoms with Crippen LogP contribution in [-0.4, -0.2) is 11.6 Å². The number of benzene rings is 2. The van der Waals surface area contributed by atoms with Gasteiger partial charge in [0, 0.05) is 11.5 Å². The van der Waals surface area contributed by atoms with E-state index >= 15 is 0 Å². The van der Waals surface area contributed by atoms with Crippen molar-refractivity contribution in [2.45, 2.75) is 25.7 Å². The van der Waals surface area contributed by atoms with E-state index in [1.165, 1.54) is 22.3 Å². The molecule has 0 spiro atoms. The molecule has 0 amide bonds. The fraction of sp³-hybridized carbons (Fsp3) is 0.263. The van der Waals surface area contributed by atoms with Gasteiger partial charge in [-0.1, -0.05) is 36.4 Å². The number of rotatable bonds is 4. The summed E-state index contributed by atoms with van der Waals surface area (Å²) >= 11 is 0. The maximum atomic E-state index is 12.2. The second kappa shape index (κ2) is 4.66. The van der Waals surface area contributed by atoms with Crippen molar-refractivity contribution < 1.29 is 9.59 Å². The highest BCUT2D eigenvalue weighted by atomic mass is 16.1. The molecular formula is C19H16O2. The molecule has 0 heterocycles. The number of hydrogen-bond acceptors (Lipinski definition) is 2. The van der Waals surface area contributed by atoms with Crippen LogP contribution >= 0.6 is 0 Å². The number of carbonyl (C=O) groups is 2. The van der Waals surface area contributed by atoms with Gasteiger partial charge in [-0.3, -0.25) is 9.59 Å². The molecule has 0 atom stereocenters. The van der Waals surface area contributed by atoms with Crippen molar-refractivity contribution in [2.24, 2.45) is 5.92 Å². The summed E-state index contributed by atoms with van der Waals surface area (Å²) in [5.41, 5.74) is 5.67. The summed E-state index contributed by atoms with van der Waals surface area (Å²) in [5.74, 6) is 0.238. The second-order valence-electron chi connectivity index (χ2n) is 6.05. The first-order chi connectivity index (χ1) is 10.2. The smallest absolute Gasteiger partial charge is 0.170 e. The molecule has 0 radical (unpaired) electrons. The molecule has 2 heteroatoms. The van der Waals surface area contributed by atoms with E-state index < -0.39 is 0 Å². The van der Waals surface area contributed by atoms with Gasteiger partial charge in [-0.25, -0.2) is 0 Å². The van der Waals surface area contributed by atoms with Crippen LogP contribution in [-0.2, 0) is 11.2 Å². The van der Waals surface area contributed by atoms with Crippen molar-refractivity contribution in [1.29, 1.82) is 0 Å². The SMILES string of the molecule is O=C(CC(=O)C1CC1)c1ccc2c(c1)Cc1ccccc1-2. The van der Waals surface area contributed by atoms with Gasteiger partial charge >= 0.3 is 0 Å². The standard InChI is InChI=1S/C19H16O2/c20-18(12-5-6-12)11-19(21)14-7-8-17-15(10-14)9-13-3-1-2-4-16(13)17/h1-4,7-8,10,12H,5-6,9,11H2. The molecule has 4 rings (SSSR count). The van der Waals surface area contributed by atoms with E-state index in [1.807, 2.05) is 30.3 Å².